The van der Waals surface area contributed by atoms with E-state index < -0.39 is 0 Å². The molecule has 0 atom stereocenters. The molecular weight excluding hydrogens is 326 g/mol. The highest BCUT2D eigenvalue weighted by Gasteiger charge is 2.11. The van der Waals surface area contributed by atoms with Crippen LogP contribution in [-0.2, 0) is 18.4 Å². The van der Waals surface area contributed by atoms with Gasteiger partial charge < -0.3 is 15.2 Å². The van der Waals surface area contributed by atoms with E-state index in [1.165, 1.54) is 12.3 Å². The lowest BCUT2D eigenvalue weighted by molar-refractivity contribution is -0.125. The number of nitrogen functional groups attached to an aromatic ring is 1. The summed E-state index contributed by atoms with van der Waals surface area (Å²) in [6, 6.07) is 13.8. The lowest BCUT2D eigenvalue weighted by Crippen LogP contribution is -2.25. The molecule has 0 aliphatic rings. The van der Waals surface area contributed by atoms with E-state index in [9.17, 15) is 4.79 Å². The van der Waals surface area contributed by atoms with E-state index in [4.69, 9.17) is 11.0 Å². The normalized spacial score (nSPS) is 11.0. The number of carbonyl (C=O) groups is 1. The van der Waals surface area contributed by atoms with Gasteiger partial charge in [-0.2, -0.15) is 5.26 Å². The molecule has 0 aliphatic heterocycles. The van der Waals surface area contributed by atoms with Crippen LogP contribution >= 0.6 is 0 Å². The average Bonchev–Trinajstić information content (AvgIpc) is 2.96. The van der Waals surface area contributed by atoms with Crippen LogP contribution in [0.1, 0.15) is 16.8 Å². The van der Waals surface area contributed by atoms with Crippen molar-refractivity contribution in [3.8, 4) is 6.07 Å². The number of amides is 1. The molecule has 26 heavy (non-hydrogen) atoms. The van der Waals surface area contributed by atoms with E-state index in [1.807, 2.05) is 25.2 Å². The van der Waals surface area contributed by atoms with Crippen molar-refractivity contribution in [2.45, 2.75) is 6.54 Å². The number of nitrogens with zero attached hydrogens (tertiary/aromatic N) is 4. The molecule has 0 aliphatic carbocycles. The van der Waals surface area contributed by atoms with E-state index in [0.717, 1.165) is 16.6 Å². The molecule has 3 aromatic rings. The molecule has 0 bridgehead atoms. The van der Waals surface area contributed by atoms with Crippen molar-refractivity contribution in [3.63, 3.8) is 0 Å². The van der Waals surface area contributed by atoms with Gasteiger partial charge in [0.1, 0.15) is 11.9 Å². The van der Waals surface area contributed by atoms with Crippen molar-refractivity contribution in [3.05, 3.63) is 65.5 Å². The van der Waals surface area contributed by atoms with E-state index in [1.54, 1.807) is 24.1 Å². The molecule has 2 heterocycles. The van der Waals surface area contributed by atoms with Crippen LogP contribution in [0.4, 0.5) is 5.82 Å². The van der Waals surface area contributed by atoms with Gasteiger partial charge in [0.15, 0.2) is 0 Å². The first kappa shape index (κ1) is 17.2. The van der Waals surface area contributed by atoms with Crippen LogP contribution in [-0.4, -0.2) is 27.4 Å². The smallest absolute Gasteiger partial charge is 0.246 e. The number of benzene rings is 1. The predicted octanol–water partition coefficient (Wildman–Crippen LogP) is 2.70. The zero-order valence-corrected chi connectivity index (χ0v) is 14.7. The van der Waals surface area contributed by atoms with Crippen molar-refractivity contribution in [2.75, 3.05) is 12.8 Å². The highest BCUT2D eigenvalue weighted by atomic mass is 16.2. The quantitative estimate of drug-likeness (QED) is 0.736. The molecule has 2 N–H and O–H groups in total. The van der Waals surface area contributed by atoms with Gasteiger partial charge in [-0.25, -0.2) is 4.98 Å². The number of likely N-dealkylation sites (N-methyl/N-ethyl adjacent to an activating group) is 1. The molecule has 6 nitrogen and oxygen atoms in total. The van der Waals surface area contributed by atoms with Crippen LogP contribution in [0.15, 0.2) is 48.7 Å². The van der Waals surface area contributed by atoms with Gasteiger partial charge in [0, 0.05) is 37.6 Å². The van der Waals surface area contributed by atoms with Crippen molar-refractivity contribution in [2.24, 2.45) is 7.05 Å². The molecule has 0 saturated carbocycles. The Bertz CT molecular complexity index is 1040. The number of para-hydroxylation sites is 1. The van der Waals surface area contributed by atoms with Gasteiger partial charge in [-0.15, -0.1) is 0 Å². The lowest BCUT2D eigenvalue weighted by Gasteiger charge is -2.15. The number of nitriles is 1. The Morgan fingerprint density at radius 2 is 2.15 bits per heavy atom. The number of aromatic nitrogens is 2. The third-order valence-electron chi connectivity index (χ3n) is 4.30. The molecule has 3 rings (SSSR count). The molecule has 130 valence electrons. The van der Waals surface area contributed by atoms with Gasteiger partial charge in [-0.3, -0.25) is 4.79 Å². The molecule has 0 saturated heterocycles. The predicted molar refractivity (Wildman–Crippen MR) is 102 cm³/mol. The van der Waals surface area contributed by atoms with Crippen LogP contribution in [0.25, 0.3) is 17.0 Å². The van der Waals surface area contributed by atoms with Crippen LogP contribution in [0, 0.1) is 11.3 Å². The van der Waals surface area contributed by atoms with E-state index in [2.05, 4.69) is 27.8 Å². The van der Waals surface area contributed by atoms with Gasteiger partial charge in [-0.05, 0) is 35.2 Å². The maximum atomic E-state index is 12.4. The Kier molecular flexibility index (Phi) is 4.72. The Morgan fingerprint density at radius 1 is 1.38 bits per heavy atom. The zero-order chi connectivity index (χ0) is 18.7. The first-order valence-electron chi connectivity index (χ1n) is 8.11. The molecule has 0 fully saturated rings. The summed E-state index contributed by atoms with van der Waals surface area (Å²) in [5.41, 5.74) is 8.74. The summed E-state index contributed by atoms with van der Waals surface area (Å²) >= 11 is 0. The van der Waals surface area contributed by atoms with E-state index in [0.29, 0.717) is 17.7 Å². The summed E-state index contributed by atoms with van der Waals surface area (Å²) < 4.78 is 2.09. The molecule has 1 amide bonds. The molecule has 1 aromatic carbocycles. The van der Waals surface area contributed by atoms with Crippen molar-refractivity contribution >= 4 is 28.7 Å². The summed E-state index contributed by atoms with van der Waals surface area (Å²) in [5, 5.41) is 10.1. The number of fused-ring (bicyclic) bond motifs is 1. The molecule has 0 unspecified atom stereocenters. The lowest BCUT2D eigenvalue weighted by atomic mass is 10.2. The summed E-state index contributed by atoms with van der Waals surface area (Å²) in [7, 11) is 3.75. The number of hydrogen-bond acceptors (Lipinski definition) is 4. The number of carbonyl (C=O) groups excluding carboxylic acids is 1. The fourth-order valence-corrected chi connectivity index (χ4v) is 2.79. The molecule has 0 radical (unpaired) electrons. The number of pyridine rings is 1. The SMILES string of the molecule is CN(Cc1cc2ccccc2n1C)C(=O)C=Cc1cnc(N)c(C#N)c1. The highest BCUT2D eigenvalue weighted by molar-refractivity contribution is 5.91. The van der Waals surface area contributed by atoms with Gasteiger partial charge >= 0.3 is 0 Å². The first-order chi connectivity index (χ1) is 12.5. The Morgan fingerprint density at radius 3 is 2.88 bits per heavy atom. The second-order valence-electron chi connectivity index (χ2n) is 6.09. The standard InChI is InChI=1S/C20H19N5O/c1-24(13-17-10-15-5-3-4-6-18(15)25(17)2)19(26)8-7-14-9-16(11-21)20(22)23-12-14/h3-10,12H,13H2,1-2H3,(H2,22,23). The minimum absolute atomic E-state index is 0.134. The van der Waals surface area contributed by atoms with Gasteiger partial charge in [-0.1, -0.05) is 18.2 Å². The fraction of sp³-hybridized carbons (Fsp3) is 0.150. The minimum Gasteiger partial charge on any atom is -0.383 e. The summed E-state index contributed by atoms with van der Waals surface area (Å²) in [6.45, 7) is 0.498. The van der Waals surface area contributed by atoms with Crippen LogP contribution < -0.4 is 5.73 Å². The maximum absolute atomic E-state index is 12.4. The van der Waals surface area contributed by atoms with Crippen molar-refractivity contribution in [1.82, 2.24) is 14.5 Å². The number of nitrogens with two attached hydrogens (primary N) is 1. The number of aryl methyl sites for hydroxylation is 1. The molecule has 2 aromatic heterocycles. The van der Waals surface area contributed by atoms with Crippen LogP contribution in [0.3, 0.4) is 0 Å². The second kappa shape index (κ2) is 7.11. The average molecular weight is 345 g/mol. The first-order valence-corrected chi connectivity index (χ1v) is 8.11. The third kappa shape index (κ3) is 3.42. The fourth-order valence-electron chi connectivity index (χ4n) is 2.79. The third-order valence-corrected chi connectivity index (χ3v) is 4.30. The number of anilines is 1. The minimum atomic E-state index is -0.134. The second-order valence-corrected chi connectivity index (χ2v) is 6.09. The number of hydrogen-bond donors (Lipinski definition) is 1. The Hall–Kier alpha value is -3.59. The van der Waals surface area contributed by atoms with Gasteiger partial charge in [0.05, 0.1) is 12.1 Å². The molecular formula is C20H19N5O. The van der Waals surface area contributed by atoms with Crippen molar-refractivity contribution in [1.29, 1.82) is 5.26 Å². The Labute approximate surface area is 151 Å². The van der Waals surface area contributed by atoms with E-state index in [-0.39, 0.29) is 11.7 Å². The van der Waals surface area contributed by atoms with Crippen LogP contribution in [0.5, 0.6) is 0 Å². The monoisotopic (exact) mass is 345 g/mol. The molecule has 0 spiro atoms. The summed E-state index contributed by atoms with van der Waals surface area (Å²) in [5.74, 6) is 0.0504. The summed E-state index contributed by atoms with van der Waals surface area (Å²) in [6.07, 6.45) is 4.63. The Balaban J connectivity index is 1.73. The number of rotatable bonds is 4. The summed E-state index contributed by atoms with van der Waals surface area (Å²) in [4.78, 5) is 18.0. The highest BCUT2D eigenvalue weighted by Crippen LogP contribution is 2.19. The molecule has 6 heteroatoms. The van der Waals surface area contributed by atoms with E-state index >= 15 is 0 Å². The van der Waals surface area contributed by atoms with Crippen molar-refractivity contribution < 1.29 is 4.79 Å². The largest absolute Gasteiger partial charge is 0.383 e. The zero-order valence-electron chi connectivity index (χ0n) is 14.7. The maximum Gasteiger partial charge on any atom is 0.246 e. The van der Waals surface area contributed by atoms with Gasteiger partial charge in [0.25, 0.3) is 0 Å². The van der Waals surface area contributed by atoms with Crippen LogP contribution in [0.2, 0.25) is 0 Å². The topological polar surface area (TPSA) is 87.9 Å². The van der Waals surface area contributed by atoms with Gasteiger partial charge in [0.2, 0.25) is 5.91 Å².